The Morgan fingerprint density at radius 3 is 2.55 bits per heavy atom. The number of nitro benzene ring substituents is 1. The molecular weight excluding hydrogens is 264 g/mol. The number of nitrogens with one attached hydrogen (secondary N) is 1. The number of rotatable bonds is 7. The van der Waals surface area contributed by atoms with Gasteiger partial charge in [-0.05, 0) is 17.5 Å². The smallest absolute Gasteiger partial charge is 0.320 e. The van der Waals surface area contributed by atoms with Crippen LogP contribution < -0.4 is 10.1 Å². The van der Waals surface area contributed by atoms with Crippen molar-refractivity contribution in [2.24, 2.45) is 5.92 Å². The van der Waals surface area contributed by atoms with Crippen LogP contribution in [0.25, 0.3) is 0 Å². The van der Waals surface area contributed by atoms with Crippen LogP contribution in [0.3, 0.4) is 0 Å². The van der Waals surface area contributed by atoms with Gasteiger partial charge in [0.15, 0.2) is 0 Å². The molecule has 2 N–H and O–H groups in total. The molecule has 0 aliphatic heterocycles. The summed E-state index contributed by atoms with van der Waals surface area (Å²) < 4.78 is 5.00. The minimum Gasteiger partial charge on any atom is -0.496 e. The van der Waals surface area contributed by atoms with Gasteiger partial charge in [-0.3, -0.25) is 14.9 Å². The molecule has 0 saturated carbocycles. The average Bonchev–Trinajstić information content (AvgIpc) is 2.37. The van der Waals surface area contributed by atoms with Crippen molar-refractivity contribution in [3.8, 4) is 5.75 Å². The molecule has 1 atom stereocenters. The van der Waals surface area contributed by atoms with Gasteiger partial charge < -0.3 is 15.2 Å². The second kappa shape index (κ2) is 6.85. The number of hydrogen-bond acceptors (Lipinski definition) is 5. The number of aliphatic carboxylic acids is 1. The summed E-state index contributed by atoms with van der Waals surface area (Å²) in [7, 11) is 1.42. The van der Waals surface area contributed by atoms with E-state index in [1.807, 2.05) is 0 Å². The van der Waals surface area contributed by atoms with Crippen molar-refractivity contribution in [1.29, 1.82) is 0 Å². The maximum atomic E-state index is 11.1. The van der Waals surface area contributed by atoms with Crippen molar-refractivity contribution in [2.75, 3.05) is 7.11 Å². The summed E-state index contributed by atoms with van der Waals surface area (Å²) in [5.41, 5.74) is 0.514. The lowest BCUT2D eigenvalue weighted by Gasteiger charge is -2.18. The lowest BCUT2D eigenvalue weighted by atomic mass is 10.0. The van der Waals surface area contributed by atoms with Crippen LogP contribution in [0, 0.1) is 16.0 Å². The van der Waals surface area contributed by atoms with Gasteiger partial charge in [0.05, 0.1) is 18.1 Å². The summed E-state index contributed by atoms with van der Waals surface area (Å²) in [6.07, 6.45) is 0. The largest absolute Gasteiger partial charge is 0.496 e. The molecule has 1 rings (SSSR count). The van der Waals surface area contributed by atoms with Gasteiger partial charge in [0.25, 0.3) is 5.69 Å². The van der Waals surface area contributed by atoms with Crippen LogP contribution in [-0.4, -0.2) is 29.2 Å². The number of methoxy groups -OCH3 is 1. The van der Waals surface area contributed by atoms with Crippen LogP contribution in [0.2, 0.25) is 0 Å². The van der Waals surface area contributed by atoms with E-state index in [-0.39, 0.29) is 18.2 Å². The molecule has 0 radical (unpaired) electrons. The summed E-state index contributed by atoms with van der Waals surface area (Å²) in [6.45, 7) is 3.80. The Labute approximate surface area is 116 Å². The summed E-state index contributed by atoms with van der Waals surface area (Å²) in [6, 6.07) is 3.65. The van der Waals surface area contributed by atoms with Gasteiger partial charge in [-0.15, -0.1) is 0 Å². The maximum absolute atomic E-state index is 11.1. The van der Waals surface area contributed by atoms with Crippen LogP contribution >= 0.6 is 0 Å². The number of nitro groups is 1. The minimum absolute atomic E-state index is 0.0856. The zero-order chi connectivity index (χ0) is 15.3. The first kappa shape index (κ1) is 15.9. The molecule has 1 unspecified atom stereocenters. The van der Waals surface area contributed by atoms with E-state index in [4.69, 9.17) is 9.84 Å². The van der Waals surface area contributed by atoms with Crippen molar-refractivity contribution < 1.29 is 19.6 Å². The van der Waals surface area contributed by atoms with Crippen LogP contribution in [0.5, 0.6) is 5.75 Å². The lowest BCUT2D eigenvalue weighted by Crippen LogP contribution is -2.40. The summed E-state index contributed by atoms with van der Waals surface area (Å²) in [5, 5.41) is 22.8. The Kier molecular flexibility index (Phi) is 5.45. The third kappa shape index (κ3) is 4.20. The van der Waals surface area contributed by atoms with Gasteiger partial charge in [-0.1, -0.05) is 13.8 Å². The Bertz CT molecular complexity index is 502. The molecule has 0 amide bonds. The molecular formula is C13H18N2O5. The third-order valence-electron chi connectivity index (χ3n) is 2.86. The van der Waals surface area contributed by atoms with Crippen molar-refractivity contribution in [3.63, 3.8) is 0 Å². The van der Waals surface area contributed by atoms with Crippen molar-refractivity contribution in [2.45, 2.75) is 26.4 Å². The molecule has 0 bridgehead atoms. The fourth-order valence-corrected chi connectivity index (χ4v) is 1.80. The van der Waals surface area contributed by atoms with Gasteiger partial charge in [0, 0.05) is 12.6 Å². The number of nitrogens with zero attached hydrogens (tertiary/aromatic N) is 1. The summed E-state index contributed by atoms with van der Waals surface area (Å²) in [4.78, 5) is 21.4. The van der Waals surface area contributed by atoms with E-state index in [1.54, 1.807) is 19.9 Å². The zero-order valence-corrected chi connectivity index (χ0v) is 11.6. The monoisotopic (exact) mass is 282 g/mol. The van der Waals surface area contributed by atoms with Crippen molar-refractivity contribution >= 4 is 11.7 Å². The molecule has 0 aromatic heterocycles. The predicted molar refractivity (Wildman–Crippen MR) is 72.7 cm³/mol. The maximum Gasteiger partial charge on any atom is 0.320 e. The van der Waals surface area contributed by atoms with Crippen molar-refractivity contribution in [3.05, 3.63) is 33.9 Å². The Morgan fingerprint density at radius 1 is 1.45 bits per heavy atom. The van der Waals surface area contributed by atoms with E-state index < -0.39 is 16.9 Å². The molecule has 1 aromatic rings. The number of ether oxygens (including phenoxy) is 1. The highest BCUT2D eigenvalue weighted by molar-refractivity contribution is 5.73. The number of benzene rings is 1. The molecule has 7 heteroatoms. The molecule has 0 heterocycles. The third-order valence-corrected chi connectivity index (χ3v) is 2.86. The SMILES string of the molecule is COc1cc(CNC(C(=O)O)C(C)C)cc([N+](=O)[O-])c1. The van der Waals surface area contributed by atoms with Gasteiger partial charge in [-0.25, -0.2) is 0 Å². The van der Waals surface area contributed by atoms with Crippen LogP contribution in [0.1, 0.15) is 19.4 Å². The topological polar surface area (TPSA) is 102 Å². The fraction of sp³-hybridized carbons (Fsp3) is 0.462. The Morgan fingerprint density at radius 2 is 2.10 bits per heavy atom. The van der Waals surface area contributed by atoms with Gasteiger partial charge >= 0.3 is 5.97 Å². The second-order valence-corrected chi connectivity index (χ2v) is 4.74. The van der Waals surface area contributed by atoms with Crippen LogP contribution in [0.15, 0.2) is 18.2 Å². The highest BCUT2D eigenvalue weighted by Gasteiger charge is 2.21. The van der Waals surface area contributed by atoms with E-state index in [0.29, 0.717) is 11.3 Å². The van der Waals surface area contributed by atoms with Crippen LogP contribution in [0.4, 0.5) is 5.69 Å². The first-order valence-electron chi connectivity index (χ1n) is 6.13. The van der Waals surface area contributed by atoms with Crippen LogP contribution in [-0.2, 0) is 11.3 Å². The molecule has 0 fully saturated rings. The van der Waals surface area contributed by atoms with E-state index in [9.17, 15) is 14.9 Å². The molecule has 7 nitrogen and oxygen atoms in total. The molecule has 0 aliphatic rings. The Balaban J connectivity index is 2.89. The molecule has 20 heavy (non-hydrogen) atoms. The zero-order valence-electron chi connectivity index (χ0n) is 11.6. The Hall–Kier alpha value is -2.15. The highest BCUT2D eigenvalue weighted by Crippen LogP contribution is 2.22. The molecule has 1 aromatic carbocycles. The second-order valence-electron chi connectivity index (χ2n) is 4.74. The van der Waals surface area contributed by atoms with E-state index >= 15 is 0 Å². The number of non-ortho nitro benzene ring substituents is 1. The van der Waals surface area contributed by atoms with E-state index in [1.165, 1.54) is 19.2 Å². The van der Waals surface area contributed by atoms with Crippen molar-refractivity contribution in [1.82, 2.24) is 5.32 Å². The standard InChI is InChI=1S/C13H18N2O5/c1-8(2)12(13(16)17)14-7-9-4-10(15(18)19)6-11(5-9)20-3/h4-6,8,12,14H,7H2,1-3H3,(H,16,17). The number of carbonyl (C=O) groups is 1. The average molecular weight is 282 g/mol. The van der Waals surface area contributed by atoms with E-state index in [0.717, 1.165) is 0 Å². The van der Waals surface area contributed by atoms with E-state index in [2.05, 4.69) is 5.32 Å². The predicted octanol–water partition coefficient (Wildman–Crippen LogP) is 1.80. The van der Waals surface area contributed by atoms with Gasteiger partial charge in [0.1, 0.15) is 11.8 Å². The highest BCUT2D eigenvalue weighted by atomic mass is 16.6. The number of carboxylic acids is 1. The molecule has 0 saturated heterocycles. The quantitative estimate of drug-likeness (QED) is 0.584. The fourth-order valence-electron chi connectivity index (χ4n) is 1.80. The summed E-state index contributed by atoms with van der Waals surface area (Å²) in [5.74, 6) is -0.669. The number of hydrogen-bond donors (Lipinski definition) is 2. The minimum atomic E-state index is -0.947. The molecule has 0 aliphatic carbocycles. The first-order chi connectivity index (χ1) is 9.35. The van der Waals surface area contributed by atoms with Gasteiger partial charge in [0.2, 0.25) is 0 Å². The normalized spacial score (nSPS) is 12.2. The molecule has 0 spiro atoms. The molecule has 110 valence electrons. The lowest BCUT2D eigenvalue weighted by molar-refractivity contribution is -0.385. The van der Waals surface area contributed by atoms with Gasteiger partial charge in [-0.2, -0.15) is 0 Å². The first-order valence-corrected chi connectivity index (χ1v) is 6.13. The summed E-state index contributed by atoms with van der Waals surface area (Å²) >= 11 is 0. The number of carboxylic acid groups (broad SMARTS) is 1.